The predicted molar refractivity (Wildman–Crippen MR) is 139 cm³/mol. The van der Waals surface area contributed by atoms with E-state index in [-0.39, 0.29) is 23.9 Å². The molecule has 0 bridgehead atoms. The van der Waals surface area contributed by atoms with Crippen LogP contribution in [0.1, 0.15) is 46.0 Å². The number of aliphatic hydroxyl groups is 1. The maximum atomic E-state index is 17.1. The van der Waals surface area contributed by atoms with E-state index in [4.69, 9.17) is 30.3 Å². The Balaban J connectivity index is 1.29. The standard InChI is InChI=1S/C27H38FN3O13/c1-25-10-22(34)27(28)19(4-3-15-9-16(32)7-8-26(15,27)2)18(25)5-6-20(25)21(33)14-41-23(35)11-29-24(36)42-12-17(44-31(39)40)13-43-30(37)38/h7-9,17-20,22,34,37-40H,3-6,10-14H2,1-2H3,(H,29,36)/t17?,18?,19-,20?,22-,25-,26-,27?/m0/s1. The van der Waals surface area contributed by atoms with Crippen molar-refractivity contribution < 1.29 is 68.7 Å². The zero-order valence-corrected chi connectivity index (χ0v) is 24.3. The minimum atomic E-state index is -2.00. The molecule has 246 valence electrons. The number of alkyl halides is 1. The smallest absolute Gasteiger partial charge is 0.407 e. The first-order valence-corrected chi connectivity index (χ1v) is 14.2. The lowest BCUT2D eigenvalue weighted by Gasteiger charge is -2.62. The highest BCUT2D eigenvalue weighted by Gasteiger charge is 2.70. The monoisotopic (exact) mass is 631 g/mol. The van der Waals surface area contributed by atoms with E-state index in [9.17, 15) is 24.3 Å². The SMILES string of the molecule is C[C@]12C[C@H](O)C3(F)[C@@H](CCC4=CC(=O)C=C[C@@]43C)C1CCC2C(=O)COC(=O)CNC(=O)OCC(CON(O)O)ON(O)O. The van der Waals surface area contributed by atoms with Gasteiger partial charge in [-0.05, 0) is 62.5 Å². The normalized spacial score (nSPS) is 35.0. The van der Waals surface area contributed by atoms with Crippen molar-refractivity contribution in [3.05, 3.63) is 23.8 Å². The number of carbonyl (C=O) groups excluding carboxylic acids is 4. The molecule has 0 radical (unpaired) electrons. The molecular weight excluding hydrogens is 593 g/mol. The fourth-order valence-corrected chi connectivity index (χ4v) is 7.80. The molecule has 0 saturated heterocycles. The van der Waals surface area contributed by atoms with Crippen molar-refractivity contribution in [3.63, 3.8) is 0 Å². The Morgan fingerprint density at radius 2 is 1.80 bits per heavy atom. The van der Waals surface area contributed by atoms with Gasteiger partial charge in [0.1, 0.15) is 32.5 Å². The number of hydrogen-bond donors (Lipinski definition) is 6. The highest BCUT2D eigenvalue weighted by molar-refractivity contribution is 6.01. The third kappa shape index (κ3) is 6.56. The van der Waals surface area contributed by atoms with Crippen molar-refractivity contribution in [1.82, 2.24) is 16.1 Å². The van der Waals surface area contributed by atoms with Gasteiger partial charge in [-0.3, -0.25) is 35.2 Å². The van der Waals surface area contributed by atoms with Gasteiger partial charge < -0.3 is 19.9 Å². The molecule has 0 aromatic carbocycles. The molecule has 16 nitrogen and oxygen atoms in total. The summed E-state index contributed by atoms with van der Waals surface area (Å²) in [5.74, 6) is -2.86. The summed E-state index contributed by atoms with van der Waals surface area (Å²) >= 11 is 0. The zero-order valence-electron chi connectivity index (χ0n) is 24.3. The summed E-state index contributed by atoms with van der Waals surface area (Å²) in [6.45, 7) is 0.958. The molecule has 0 aliphatic heterocycles. The Morgan fingerprint density at radius 3 is 2.48 bits per heavy atom. The molecule has 17 heteroatoms. The summed E-state index contributed by atoms with van der Waals surface area (Å²) in [6.07, 6.45) is 2.43. The van der Waals surface area contributed by atoms with Crippen LogP contribution in [0.25, 0.3) is 0 Å². The van der Waals surface area contributed by atoms with Gasteiger partial charge in [-0.25, -0.2) is 18.9 Å². The number of Topliss-reactive ketones (excluding diaryl/α,β-unsaturated/α-hetero) is 1. The Morgan fingerprint density at radius 1 is 1.07 bits per heavy atom. The van der Waals surface area contributed by atoms with Crippen LogP contribution >= 0.6 is 0 Å². The highest BCUT2D eigenvalue weighted by atomic mass is 19.1. The molecule has 8 atom stereocenters. The van der Waals surface area contributed by atoms with Crippen LogP contribution in [0.4, 0.5) is 9.18 Å². The Hall–Kier alpha value is -2.87. The van der Waals surface area contributed by atoms with Crippen molar-refractivity contribution in [2.45, 2.75) is 63.8 Å². The molecule has 4 unspecified atom stereocenters. The molecule has 0 spiro atoms. The van der Waals surface area contributed by atoms with Crippen LogP contribution < -0.4 is 5.32 Å². The first kappa shape index (κ1) is 34.0. The van der Waals surface area contributed by atoms with E-state index in [1.807, 2.05) is 6.92 Å². The minimum Gasteiger partial charge on any atom is -0.456 e. The second-order valence-electron chi connectivity index (χ2n) is 12.1. The number of nitrogens with one attached hydrogen (secondary N) is 1. The van der Waals surface area contributed by atoms with Gasteiger partial charge in [-0.15, -0.1) is 0 Å². The van der Waals surface area contributed by atoms with E-state index in [1.54, 1.807) is 13.0 Å². The van der Waals surface area contributed by atoms with Crippen LogP contribution in [0.5, 0.6) is 0 Å². The van der Waals surface area contributed by atoms with Gasteiger partial charge in [0.05, 0.1) is 16.9 Å². The van der Waals surface area contributed by atoms with E-state index in [1.165, 1.54) is 12.2 Å². The topological polar surface area (TPSA) is 225 Å². The van der Waals surface area contributed by atoms with Crippen molar-refractivity contribution in [1.29, 1.82) is 0 Å². The van der Waals surface area contributed by atoms with Crippen LogP contribution in [-0.2, 0) is 33.5 Å². The molecule has 0 aromatic heterocycles. The Bertz CT molecular complexity index is 1200. The van der Waals surface area contributed by atoms with Gasteiger partial charge in [0.15, 0.2) is 17.2 Å². The van der Waals surface area contributed by atoms with Crippen molar-refractivity contribution in [2.75, 3.05) is 26.4 Å². The van der Waals surface area contributed by atoms with Gasteiger partial charge >= 0.3 is 12.1 Å². The maximum Gasteiger partial charge on any atom is 0.407 e. The van der Waals surface area contributed by atoms with Crippen LogP contribution in [0.3, 0.4) is 0 Å². The Labute approximate surface area is 251 Å². The quantitative estimate of drug-likeness (QED) is 0.131. The number of alkyl carbamates (subject to hydrolysis) is 1. The molecule has 4 aliphatic carbocycles. The largest absolute Gasteiger partial charge is 0.456 e. The number of rotatable bonds is 12. The first-order valence-electron chi connectivity index (χ1n) is 14.2. The average Bonchev–Trinajstić information content (AvgIpc) is 3.29. The molecule has 3 saturated carbocycles. The van der Waals surface area contributed by atoms with Gasteiger partial charge in [0.2, 0.25) is 0 Å². The van der Waals surface area contributed by atoms with Crippen molar-refractivity contribution in [3.8, 4) is 0 Å². The fourth-order valence-electron chi connectivity index (χ4n) is 7.80. The summed E-state index contributed by atoms with van der Waals surface area (Å²) in [5.41, 5.74) is -3.20. The van der Waals surface area contributed by atoms with Gasteiger partial charge in [0.25, 0.3) is 0 Å². The molecule has 0 heterocycles. The maximum absolute atomic E-state index is 17.1. The predicted octanol–water partition coefficient (Wildman–Crippen LogP) is 1.20. The number of aliphatic hydroxyl groups excluding tert-OH is 1. The van der Waals surface area contributed by atoms with E-state index < -0.39 is 89.8 Å². The number of fused-ring (bicyclic) bond motifs is 5. The second-order valence-corrected chi connectivity index (χ2v) is 12.1. The number of carbonyl (C=O) groups is 4. The third-order valence-electron chi connectivity index (χ3n) is 9.80. The van der Waals surface area contributed by atoms with Crippen LogP contribution in [0.2, 0.25) is 0 Å². The Kier molecular flexibility index (Phi) is 10.2. The molecule has 0 aromatic rings. The lowest BCUT2D eigenvalue weighted by atomic mass is 9.45. The number of allylic oxidation sites excluding steroid dienone is 4. The van der Waals surface area contributed by atoms with Gasteiger partial charge in [-0.1, -0.05) is 18.6 Å². The van der Waals surface area contributed by atoms with Gasteiger partial charge in [0, 0.05) is 17.3 Å². The number of halogens is 1. The van der Waals surface area contributed by atoms with Gasteiger partial charge in [-0.2, -0.15) is 0 Å². The fraction of sp³-hybridized carbons (Fsp3) is 0.704. The average molecular weight is 632 g/mol. The van der Waals surface area contributed by atoms with Crippen LogP contribution in [0.15, 0.2) is 23.8 Å². The van der Waals surface area contributed by atoms with Crippen LogP contribution in [0, 0.1) is 28.6 Å². The molecule has 4 rings (SSSR count). The zero-order chi connectivity index (χ0) is 32.4. The van der Waals surface area contributed by atoms with E-state index in [0.717, 1.165) is 0 Å². The number of esters is 1. The number of ether oxygens (including phenoxy) is 2. The molecule has 4 aliphatic rings. The van der Waals surface area contributed by atoms with Crippen LogP contribution in [-0.4, -0.2) is 105 Å². The molecule has 3 fully saturated rings. The summed E-state index contributed by atoms with van der Waals surface area (Å²) < 4.78 is 26.9. The van der Waals surface area contributed by atoms with Crippen molar-refractivity contribution >= 4 is 23.6 Å². The second kappa shape index (κ2) is 13.2. The first-order chi connectivity index (χ1) is 20.6. The lowest BCUT2D eigenvalue weighted by molar-refractivity contribution is -0.527. The number of hydrogen-bond acceptors (Lipinski definition) is 15. The molecule has 44 heavy (non-hydrogen) atoms. The molecule has 6 N–H and O–H groups in total. The van der Waals surface area contributed by atoms with E-state index >= 15 is 4.39 Å². The third-order valence-corrected chi connectivity index (χ3v) is 9.80. The number of ketones is 2. The number of amides is 1. The summed E-state index contributed by atoms with van der Waals surface area (Å²) in [4.78, 5) is 58.0. The van der Waals surface area contributed by atoms with Crippen molar-refractivity contribution in [2.24, 2.45) is 28.6 Å². The molecular formula is C27H38FN3O13. The van der Waals surface area contributed by atoms with E-state index in [2.05, 4.69) is 15.0 Å². The summed E-state index contributed by atoms with van der Waals surface area (Å²) in [6, 6.07) is 0. The number of nitrogens with zero attached hydrogens (tertiary/aromatic N) is 2. The summed E-state index contributed by atoms with van der Waals surface area (Å²) in [5, 5.41) is 46.5. The molecule has 1 amide bonds. The van der Waals surface area contributed by atoms with E-state index in [0.29, 0.717) is 31.3 Å². The highest BCUT2D eigenvalue weighted by Crippen LogP contribution is 2.68. The minimum absolute atomic E-state index is 0.0295. The summed E-state index contributed by atoms with van der Waals surface area (Å²) in [7, 11) is 0. The lowest BCUT2D eigenvalue weighted by Crippen LogP contribution is -2.66.